The van der Waals surface area contributed by atoms with Gasteiger partial charge in [0, 0.05) is 36.0 Å². The molecule has 2 heterocycles. The van der Waals surface area contributed by atoms with Crippen LogP contribution in [0.1, 0.15) is 29.3 Å². The van der Waals surface area contributed by atoms with Crippen LogP contribution in [0.4, 0.5) is 10.2 Å². The maximum Gasteiger partial charge on any atom is 0.254 e. The second-order valence-corrected chi connectivity index (χ2v) is 7.79. The number of carbonyl (C=O) groups excluding carboxylic acids is 1. The number of aromatic nitrogens is 1. The Morgan fingerprint density at radius 2 is 1.97 bits per heavy atom. The van der Waals surface area contributed by atoms with E-state index in [0.717, 1.165) is 11.1 Å². The van der Waals surface area contributed by atoms with Crippen LogP contribution in [0.25, 0.3) is 11.1 Å². The standard InChI is InChI=1S/C26H27FN4O3/c1-3-24(22-16-21(33-2)8-9-23(22)27)29-30-25-10-7-20(17-28-25)18-5-4-6-19(15-18)26(32)31-11-13-34-14-12-31/h4-10,15-17H,3,11-14H2,1-2H3,(H,28,30)/b29-24+. The summed E-state index contributed by atoms with van der Waals surface area (Å²) in [4.78, 5) is 19.0. The van der Waals surface area contributed by atoms with Crippen molar-refractivity contribution in [1.29, 1.82) is 0 Å². The predicted molar refractivity (Wildman–Crippen MR) is 130 cm³/mol. The Hall–Kier alpha value is -3.78. The highest BCUT2D eigenvalue weighted by Gasteiger charge is 2.18. The lowest BCUT2D eigenvalue weighted by Gasteiger charge is -2.27. The molecule has 7 nitrogen and oxygen atoms in total. The quantitative estimate of drug-likeness (QED) is 0.410. The third-order valence-electron chi connectivity index (χ3n) is 5.63. The summed E-state index contributed by atoms with van der Waals surface area (Å²) < 4.78 is 24.8. The molecular weight excluding hydrogens is 435 g/mol. The fourth-order valence-electron chi connectivity index (χ4n) is 3.72. The van der Waals surface area contributed by atoms with E-state index in [4.69, 9.17) is 9.47 Å². The second kappa shape index (κ2) is 10.9. The molecule has 0 unspecified atom stereocenters. The second-order valence-electron chi connectivity index (χ2n) is 7.79. The molecule has 1 amide bonds. The van der Waals surface area contributed by atoms with Crippen molar-refractivity contribution < 1.29 is 18.7 Å². The summed E-state index contributed by atoms with van der Waals surface area (Å²) in [6.07, 6.45) is 2.24. The minimum atomic E-state index is -0.363. The number of halogens is 1. The molecule has 8 heteroatoms. The molecule has 1 aromatic heterocycles. The van der Waals surface area contributed by atoms with Crippen molar-refractivity contribution in [2.24, 2.45) is 5.10 Å². The minimum Gasteiger partial charge on any atom is -0.497 e. The lowest BCUT2D eigenvalue weighted by molar-refractivity contribution is 0.0303. The van der Waals surface area contributed by atoms with Crippen molar-refractivity contribution >= 4 is 17.4 Å². The van der Waals surface area contributed by atoms with Gasteiger partial charge in [-0.3, -0.25) is 10.2 Å². The van der Waals surface area contributed by atoms with Gasteiger partial charge in [-0.05, 0) is 54.4 Å². The molecule has 3 aromatic rings. The maximum absolute atomic E-state index is 14.3. The van der Waals surface area contributed by atoms with E-state index in [1.54, 1.807) is 24.4 Å². The smallest absolute Gasteiger partial charge is 0.254 e. The number of anilines is 1. The van der Waals surface area contributed by atoms with Crippen molar-refractivity contribution in [3.05, 3.63) is 77.7 Å². The topological polar surface area (TPSA) is 76.1 Å². The number of rotatable bonds is 7. The molecule has 1 aliphatic rings. The predicted octanol–water partition coefficient (Wildman–Crippen LogP) is 4.59. The Morgan fingerprint density at radius 3 is 2.68 bits per heavy atom. The average Bonchev–Trinajstić information content (AvgIpc) is 2.90. The molecule has 1 fully saturated rings. The fourth-order valence-corrected chi connectivity index (χ4v) is 3.72. The van der Waals surface area contributed by atoms with E-state index >= 15 is 0 Å². The zero-order valence-electron chi connectivity index (χ0n) is 19.3. The van der Waals surface area contributed by atoms with E-state index in [1.165, 1.54) is 13.2 Å². The van der Waals surface area contributed by atoms with Gasteiger partial charge >= 0.3 is 0 Å². The largest absolute Gasteiger partial charge is 0.497 e. The number of morpholine rings is 1. The van der Waals surface area contributed by atoms with Crippen LogP contribution in [0.3, 0.4) is 0 Å². The Morgan fingerprint density at radius 1 is 1.15 bits per heavy atom. The maximum atomic E-state index is 14.3. The van der Waals surface area contributed by atoms with Gasteiger partial charge in [0.15, 0.2) is 0 Å². The highest BCUT2D eigenvalue weighted by Crippen LogP contribution is 2.23. The van der Waals surface area contributed by atoms with Gasteiger partial charge in [-0.2, -0.15) is 5.10 Å². The molecule has 34 heavy (non-hydrogen) atoms. The van der Waals surface area contributed by atoms with Crippen LogP contribution in [-0.4, -0.2) is 54.9 Å². The Labute approximate surface area is 198 Å². The van der Waals surface area contributed by atoms with E-state index in [0.29, 0.717) is 61.1 Å². The van der Waals surface area contributed by atoms with Crippen LogP contribution in [0.2, 0.25) is 0 Å². The van der Waals surface area contributed by atoms with Crippen molar-refractivity contribution in [2.75, 3.05) is 38.8 Å². The first-order chi connectivity index (χ1) is 16.6. The lowest BCUT2D eigenvalue weighted by atomic mass is 10.0. The Kier molecular flexibility index (Phi) is 7.49. The monoisotopic (exact) mass is 462 g/mol. The van der Waals surface area contributed by atoms with Crippen molar-refractivity contribution in [1.82, 2.24) is 9.88 Å². The minimum absolute atomic E-state index is 0.00241. The summed E-state index contributed by atoms with van der Waals surface area (Å²) >= 11 is 0. The summed E-state index contributed by atoms with van der Waals surface area (Å²) in [7, 11) is 1.54. The number of hydrazone groups is 1. The summed E-state index contributed by atoms with van der Waals surface area (Å²) in [6.45, 7) is 4.24. The van der Waals surface area contributed by atoms with Crippen molar-refractivity contribution in [3.63, 3.8) is 0 Å². The van der Waals surface area contributed by atoms with Gasteiger partial charge in [0.2, 0.25) is 0 Å². The fraction of sp³-hybridized carbons (Fsp3) is 0.269. The molecule has 2 aromatic carbocycles. The highest BCUT2D eigenvalue weighted by molar-refractivity contribution is 6.01. The summed E-state index contributed by atoms with van der Waals surface area (Å²) in [5, 5.41) is 4.36. The molecule has 0 radical (unpaired) electrons. The van der Waals surface area contributed by atoms with Gasteiger partial charge in [-0.15, -0.1) is 0 Å². The average molecular weight is 463 g/mol. The Bertz CT molecular complexity index is 1170. The van der Waals surface area contributed by atoms with E-state index in [2.05, 4.69) is 15.5 Å². The number of amides is 1. The molecule has 1 saturated heterocycles. The summed E-state index contributed by atoms with van der Waals surface area (Å²) in [5.41, 5.74) is 6.25. The van der Waals surface area contributed by atoms with Gasteiger partial charge in [0.25, 0.3) is 5.91 Å². The van der Waals surface area contributed by atoms with Gasteiger partial charge in [-0.1, -0.05) is 19.1 Å². The van der Waals surface area contributed by atoms with Crippen molar-refractivity contribution in [3.8, 4) is 16.9 Å². The van der Waals surface area contributed by atoms with Crippen molar-refractivity contribution in [2.45, 2.75) is 13.3 Å². The van der Waals surface area contributed by atoms with Gasteiger partial charge in [0.1, 0.15) is 17.4 Å². The van der Waals surface area contributed by atoms with Crippen LogP contribution in [0.15, 0.2) is 65.9 Å². The SMILES string of the molecule is CC/C(=N\Nc1ccc(-c2cccc(C(=O)N3CCOCC3)c2)cn1)c1cc(OC)ccc1F. The number of nitrogens with one attached hydrogen (secondary N) is 1. The number of nitrogens with zero attached hydrogens (tertiary/aromatic N) is 3. The van der Waals surface area contributed by atoms with E-state index in [9.17, 15) is 9.18 Å². The van der Waals surface area contributed by atoms with E-state index in [-0.39, 0.29) is 11.7 Å². The number of carbonyl (C=O) groups is 1. The molecule has 176 valence electrons. The molecule has 0 spiro atoms. The first-order valence-electron chi connectivity index (χ1n) is 11.2. The summed E-state index contributed by atoms with van der Waals surface area (Å²) in [5.74, 6) is 0.730. The molecule has 0 saturated carbocycles. The molecule has 1 N–H and O–H groups in total. The van der Waals surface area contributed by atoms with E-state index < -0.39 is 0 Å². The third-order valence-corrected chi connectivity index (χ3v) is 5.63. The van der Waals surface area contributed by atoms with Crippen LogP contribution in [0.5, 0.6) is 5.75 Å². The number of ether oxygens (including phenoxy) is 2. The van der Waals surface area contributed by atoms with Crippen LogP contribution in [0, 0.1) is 5.82 Å². The third kappa shape index (κ3) is 5.40. The Balaban J connectivity index is 1.48. The molecule has 0 aliphatic carbocycles. The first-order valence-corrected chi connectivity index (χ1v) is 11.2. The van der Waals surface area contributed by atoms with Gasteiger partial charge < -0.3 is 14.4 Å². The number of hydrogen-bond donors (Lipinski definition) is 1. The van der Waals surface area contributed by atoms with Gasteiger partial charge in [0.05, 0.1) is 26.0 Å². The number of pyridine rings is 1. The number of benzene rings is 2. The molecule has 1 aliphatic heterocycles. The highest BCUT2D eigenvalue weighted by atomic mass is 19.1. The first kappa shape index (κ1) is 23.4. The number of hydrogen-bond acceptors (Lipinski definition) is 6. The zero-order valence-corrected chi connectivity index (χ0v) is 19.3. The van der Waals surface area contributed by atoms with Crippen LogP contribution >= 0.6 is 0 Å². The molecule has 0 bridgehead atoms. The lowest BCUT2D eigenvalue weighted by Crippen LogP contribution is -2.40. The van der Waals surface area contributed by atoms with E-state index in [1.807, 2.05) is 42.2 Å². The normalized spacial score (nSPS) is 14.1. The van der Waals surface area contributed by atoms with Gasteiger partial charge in [-0.25, -0.2) is 9.37 Å². The zero-order chi connectivity index (χ0) is 23.9. The van der Waals surface area contributed by atoms with Crippen LogP contribution < -0.4 is 10.2 Å². The molecule has 0 atom stereocenters. The molecular formula is C26H27FN4O3. The summed E-state index contributed by atoms with van der Waals surface area (Å²) in [6, 6.07) is 15.8. The number of methoxy groups -OCH3 is 1. The van der Waals surface area contributed by atoms with Crippen LogP contribution in [-0.2, 0) is 4.74 Å². The molecule has 4 rings (SSSR count).